The summed E-state index contributed by atoms with van der Waals surface area (Å²) in [5, 5.41) is 0.384. The number of carbonyl (C=O) groups is 1. The van der Waals surface area contributed by atoms with E-state index in [4.69, 9.17) is 13.9 Å². The smallest absolute Gasteiger partial charge is 0.315 e. The van der Waals surface area contributed by atoms with E-state index in [1.165, 1.54) is 0 Å². The van der Waals surface area contributed by atoms with Gasteiger partial charge in [0.15, 0.2) is 5.76 Å². The van der Waals surface area contributed by atoms with Crippen LogP contribution in [0.15, 0.2) is 75.9 Å². The summed E-state index contributed by atoms with van der Waals surface area (Å²) in [6.07, 6.45) is 0.0165. The van der Waals surface area contributed by atoms with Gasteiger partial charge in [-0.15, -0.1) is 0 Å². The van der Waals surface area contributed by atoms with E-state index in [1.54, 1.807) is 37.4 Å². The van der Waals surface area contributed by atoms with Crippen molar-refractivity contribution in [1.29, 1.82) is 0 Å². The van der Waals surface area contributed by atoms with Crippen molar-refractivity contribution >= 4 is 16.9 Å². The second-order valence-corrected chi connectivity index (χ2v) is 7.39. The molecule has 0 fully saturated rings. The van der Waals surface area contributed by atoms with Crippen LogP contribution < -0.4 is 14.9 Å². The summed E-state index contributed by atoms with van der Waals surface area (Å²) < 4.78 is 16.8. The van der Waals surface area contributed by atoms with Crippen molar-refractivity contribution in [3.63, 3.8) is 0 Å². The lowest BCUT2D eigenvalue weighted by atomic mass is 10.0. The number of esters is 1. The van der Waals surface area contributed by atoms with E-state index in [0.29, 0.717) is 22.3 Å². The minimum absolute atomic E-state index is 0.0165. The third kappa shape index (κ3) is 4.21. The maximum Gasteiger partial charge on any atom is 0.315 e. The predicted octanol–water partition coefficient (Wildman–Crippen LogP) is 5.23. The molecule has 5 nitrogen and oxygen atoms in total. The predicted molar refractivity (Wildman–Crippen MR) is 120 cm³/mol. The molecule has 31 heavy (non-hydrogen) atoms. The molecule has 1 heterocycles. The lowest BCUT2D eigenvalue weighted by Gasteiger charge is -2.12. The lowest BCUT2D eigenvalue weighted by molar-refractivity contribution is -0.133. The number of carbonyl (C=O) groups excluding carboxylic acids is 1. The number of aryl methyl sites for hydroxylation is 2. The van der Waals surface area contributed by atoms with Gasteiger partial charge < -0.3 is 13.9 Å². The van der Waals surface area contributed by atoms with Crippen LogP contribution in [-0.2, 0) is 11.2 Å². The molecule has 0 saturated carbocycles. The lowest BCUT2D eigenvalue weighted by Crippen LogP contribution is -2.18. The van der Waals surface area contributed by atoms with E-state index in [2.05, 4.69) is 0 Å². The molecule has 5 heteroatoms. The fourth-order valence-corrected chi connectivity index (χ4v) is 3.37. The van der Waals surface area contributed by atoms with E-state index >= 15 is 0 Å². The summed E-state index contributed by atoms with van der Waals surface area (Å²) in [5.41, 5.74) is 3.48. The molecule has 0 aliphatic rings. The first kappa shape index (κ1) is 20.4. The molecule has 0 spiro atoms. The summed E-state index contributed by atoms with van der Waals surface area (Å²) in [6.45, 7) is 3.88. The van der Waals surface area contributed by atoms with Gasteiger partial charge in [-0.2, -0.15) is 0 Å². The van der Waals surface area contributed by atoms with Crippen LogP contribution in [0.2, 0.25) is 0 Å². The fourth-order valence-electron chi connectivity index (χ4n) is 3.37. The standard InChI is InChI=1S/C26H22O5/c1-16-13-21-22(14-17(16)2)30-25(19-7-5-4-6-8-19)26(24(21)28)31-23(27)15-18-9-11-20(29-3)12-10-18/h4-14H,15H2,1-3H3. The summed E-state index contributed by atoms with van der Waals surface area (Å²) in [4.78, 5) is 26.0. The van der Waals surface area contributed by atoms with Crippen LogP contribution in [0.25, 0.3) is 22.3 Å². The molecule has 0 bridgehead atoms. The Bertz CT molecular complexity index is 1300. The third-order valence-electron chi connectivity index (χ3n) is 5.22. The highest BCUT2D eigenvalue weighted by atomic mass is 16.5. The molecular formula is C26H22O5. The van der Waals surface area contributed by atoms with Crippen LogP contribution in [0.5, 0.6) is 11.5 Å². The van der Waals surface area contributed by atoms with Crippen molar-refractivity contribution in [3.05, 3.63) is 93.6 Å². The van der Waals surface area contributed by atoms with Gasteiger partial charge in [-0.1, -0.05) is 42.5 Å². The molecule has 0 amide bonds. The van der Waals surface area contributed by atoms with Gasteiger partial charge in [-0.05, 0) is 54.8 Å². The van der Waals surface area contributed by atoms with Crippen molar-refractivity contribution in [2.24, 2.45) is 0 Å². The van der Waals surface area contributed by atoms with Crippen LogP contribution >= 0.6 is 0 Å². The normalized spacial score (nSPS) is 10.8. The Hall–Kier alpha value is -3.86. The quantitative estimate of drug-likeness (QED) is 0.418. The topological polar surface area (TPSA) is 65.7 Å². The Balaban J connectivity index is 1.77. The van der Waals surface area contributed by atoms with Crippen LogP contribution in [-0.4, -0.2) is 13.1 Å². The number of rotatable bonds is 5. The van der Waals surface area contributed by atoms with Crippen molar-refractivity contribution < 1.29 is 18.7 Å². The molecule has 4 aromatic rings. The van der Waals surface area contributed by atoms with E-state index < -0.39 is 5.97 Å². The zero-order valence-electron chi connectivity index (χ0n) is 17.6. The Labute approximate surface area is 179 Å². The van der Waals surface area contributed by atoms with Gasteiger partial charge in [-0.3, -0.25) is 9.59 Å². The summed E-state index contributed by atoms with van der Waals surface area (Å²) in [7, 11) is 1.58. The Morgan fingerprint density at radius 2 is 1.61 bits per heavy atom. The van der Waals surface area contributed by atoms with Gasteiger partial charge in [0.2, 0.25) is 11.2 Å². The molecule has 156 valence electrons. The molecule has 0 atom stereocenters. The van der Waals surface area contributed by atoms with Gasteiger partial charge in [0, 0.05) is 5.56 Å². The largest absolute Gasteiger partial charge is 0.497 e. The number of methoxy groups -OCH3 is 1. The zero-order chi connectivity index (χ0) is 22.0. The number of fused-ring (bicyclic) bond motifs is 1. The van der Waals surface area contributed by atoms with Gasteiger partial charge in [-0.25, -0.2) is 0 Å². The average molecular weight is 414 g/mol. The first-order chi connectivity index (χ1) is 15.0. The number of hydrogen-bond donors (Lipinski definition) is 0. The van der Waals surface area contributed by atoms with Gasteiger partial charge in [0.05, 0.1) is 18.9 Å². The minimum Gasteiger partial charge on any atom is -0.497 e. The SMILES string of the molecule is COc1ccc(CC(=O)Oc2c(-c3ccccc3)oc3cc(C)c(C)cc3c2=O)cc1. The highest BCUT2D eigenvalue weighted by Crippen LogP contribution is 2.32. The van der Waals surface area contributed by atoms with Crippen LogP contribution in [0.4, 0.5) is 0 Å². The highest BCUT2D eigenvalue weighted by molar-refractivity contribution is 5.85. The number of hydrogen-bond acceptors (Lipinski definition) is 5. The second-order valence-electron chi connectivity index (χ2n) is 7.39. The van der Waals surface area contributed by atoms with Crippen LogP contribution in [0, 0.1) is 13.8 Å². The van der Waals surface area contributed by atoms with Gasteiger partial charge in [0.25, 0.3) is 0 Å². The molecule has 0 aliphatic carbocycles. The van der Waals surface area contributed by atoms with Crippen molar-refractivity contribution in [3.8, 4) is 22.8 Å². The van der Waals surface area contributed by atoms with E-state index in [9.17, 15) is 9.59 Å². The van der Waals surface area contributed by atoms with Crippen molar-refractivity contribution in [2.45, 2.75) is 20.3 Å². The fraction of sp³-hybridized carbons (Fsp3) is 0.154. The molecule has 0 radical (unpaired) electrons. The first-order valence-corrected chi connectivity index (χ1v) is 9.93. The molecule has 0 saturated heterocycles. The number of benzene rings is 3. The van der Waals surface area contributed by atoms with E-state index in [1.807, 2.05) is 50.2 Å². The molecule has 3 aromatic carbocycles. The number of ether oxygens (including phenoxy) is 2. The molecule has 0 N–H and O–H groups in total. The van der Waals surface area contributed by atoms with Crippen molar-refractivity contribution in [2.75, 3.05) is 7.11 Å². The third-order valence-corrected chi connectivity index (χ3v) is 5.22. The Morgan fingerprint density at radius 3 is 2.29 bits per heavy atom. The first-order valence-electron chi connectivity index (χ1n) is 9.93. The summed E-state index contributed by atoms with van der Waals surface area (Å²) in [6, 6.07) is 19.9. The molecule has 0 unspecified atom stereocenters. The summed E-state index contributed by atoms with van der Waals surface area (Å²) >= 11 is 0. The Morgan fingerprint density at radius 1 is 0.935 bits per heavy atom. The van der Waals surface area contributed by atoms with Crippen LogP contribution in [0.3, 0.4) is 0 Å². The van der Waals surface area contributed by atoms with Crippen molar-refractivity contribution in [1.82, 2.24) is 0 Å². The zero-order valence-corrected chi connectivity index (χ0v) is 17.6. The summed E-state index contributed by atoms with van der Waals surface area (Å²) in [5.74, 6) is 0.298. The van der Waals surface area contributed by atoms with Gasteiger partial charge in [0.1, 0.15) is 11.3 Å². The maximum absolute atomic E-state index is 13.3. The molecular weight excluding hydrogens is 392 g/mol. The van der Waals surface area contributed by atoms with E-state index in [-0.39, 0.29) is 23.4 Å². The minimum atomic E-state index is -0.544. The second kappa shape index (κ2) is 8.48. The molecule has 0 aliphatic heterocycles. The molecule has 1 aromatic heterocycles. The highest BCUT2D eigenvalue weighted by Gasteiger charge is 2.21. The van der Waals surface area contributed by atoms with Crippen LogP contribution in [0.1, 0.15) is 16.7 Å². The average Bonchev–Trinajstić information content (AvgIpc) is 2.78. The van der Waals surface area contributed by atoms with Gasteiger partial charge >= 0.3 is 5.97 Å². The van der Waals surface area contributed by atoms with E-state index in [0.717, 1.165) is 16.7 Å². The maximum atomic E-state index is 13.3. The Kier molecular flexibility index (Phi) is 5.58. The monoisotopic (exact) mass is 414 g/mol. The molecule has 4 rings (SSSR count).